The molecule has 0 bridgehead atoms. The van der Waals surface area contributed by atoms with Crippen LogP contribution >= 0.6 is 11.3 Å². The van der Waals surface area contributed by atoms with Crippen LogP contribution < -0.4 is 10.7 Å². The Bertz CT molecular complexity index is 1340. The van der Waals surface area contributed by atoms with E-state index in [0.29, 0.717) is 10.7 Å². The summed E-state index contributed by atoms with van der Waals surface area (Å²) in [6, 6.07) is 8.15. The van der Waals surface area contributed by atoms with Gasteiger partial charge in [0.25, 0.3) is 0 Å². The minimum Gasteiger partial charge on any atom is -0.455 e. The summed E-state index contributed by atoms with van der Waals surface area (Å²) in [5, 5.41) is 3.25. The number of carbonyl (C=O) groups excluding carboxylic acids is 1. The maximum atomic E-state index is 13.4. The van der Waals surface area contributed by atoms with Crippen molar-refractivity contribution in [1.29, 1.82) is 0 Å². The number of fused-ring (bicyclic) bond motifs is 1. The molecule has 0 saturated carbocycles. The van der Waals surface area contributed by atoms with Gasteiger partial charge in [-0.3, -0.25) is 14.6 Å². The van der Waals surface area contributed by atoms with Crippen LogP contribution in [0.5, 0.6) is 0 Å². The van der Waals surface area contributed by atoms with Crippen molar-refractivity contribution in [3.8, 4) is 11.3 Å². The second kappa shape index (κ2) is 7.95. The zero-order valence-corrected chi connectivity index (χ0v) is 16.8. The lowest BCUT2D eigenvalue weighted by Crippen LogP contribution is -2.15. The van der Waals surface area contributed by atoms with E-state index in [4.69, 9.17) is 4.42 Å². The highest BCUT2D eigenvalue weighted by atomic mass is 32.1. The fourth-order valence-electron chi connectivity index (χ4n) is 3.09. The Hall–Kier alpha value is -3.53. The molecular formula is C21H14F3N3O3S. The molecule has 0 radical (unpaired) electrons. The molecule has 0 atom stereocenters. The average molecular weight is 445 g/mol. The Kier molecular flexibility index (Phi) is 5.32. The van der Waals surface area contributed by atoms with Crippen LogP contribution in [0.4, 0.5) is 18.3 Å². The number of nitrogens with zero attached hydrogens (tertiary/aromatic N) is 2. The first kappa shape index (κ1) is 20.7. The fraction of sp³-hybridized carbons (Fsp3) is 0.143. The lowest BCUT2D eigenvalue weighted by atomic mass is 10.1. The van der Waals surface area contributed by atoms with Gasteiger partial charge in [-0.1, -0.05) is 12.1 Å². The van der Waals surface area contributed by atoms with Gasteiger partial charge in [0.2, 0.25) is 5.91 Å². The number of thiazole rings is 1. The van der Waals surface area contributed by atoms with Gasteiger partial charge in [-0.2, -0.15) is 13.2 Å². The molecule has 10 heteroatoms. The first-order chi connectivity index (χ1) is 14.7. The normalized spacial score (nSPS) is 11.6. The van der Waals surface area contributed by atoms with E-state index in [1.54, 1.807) is 18.3 Å². The number of benzene rings is 1. The molecule has 0 aliphatic heterocycles. The van der Waals surface area contributed by atoms with E-state index in [1.165, 1.54) is 29.5 Å². The number of hydrogen-bond donors (Lipinski definition) is 1. The number of halogens is 3. The zero-order chi connectivity index (χ0) is 22.2. The molecule has 0 aliphatic rings. The van der Waals surface area contributed by atoms with Crippen molar-refractivity contribution in [3.63, 3.8) is 0 Å². The van der Waals surface area contributed by atoms with Crippen LogP contribution in [0, 0.1) is 6.92 Å². The number of para-hydroxylation sites is 1. The van der Waals surface area contributed by atoms with Crippen LogP contribution in [0.3, 0.4) is 0 Å². The van der Waals surface area contributed by atoms with Crippen molar-refractivity contribution in [3.05, 3.63) is 75.1 Å². The van der Waals surface area contributed by atoms with Gasteiger partial charge >= 0.3 is 6.18 Å². The number of nitrogens with one attached hydrogen (secondary N) is 1. The maximum Gasteiger partial charge on any atom is 0.434 e. The van der Waals surface area contributed by atoms with Crippen molar-refractivity contribution in [2.24, 2.45) is 0 Å². The minimum atomic E-state index is -4.73. The molecule has 3 heterocycles. The molecule has 0 unspecified atom stereocenters. The lowest BCUT2D eigenvalue weighted by Gasteiger charge is -2.12. The van der Waals surface area contributed by atoms with E-state index in [9.17, 15) is 22.8 Å². The highest BCUT2D eigenvalue weighted by Crippen LogP contribution is 2.36. The molecule has 0 saturated heterocycles. The van der Waals surface area contributed by atoms with Gasteiger partial charge < -0.3 is 9.73 Å². The average Bonchev–Trinajstić information content (AvgIpc) is 3.12. The summed E-state index contributed by atoms with van der Waals surface area (Å²) in [7, 11) is 0. The molecule has 6 nitrogen and oxygen atoms in total. The number of anilines is 1. The van der Waals surface area contributed by atoms with Gasteiger partial charge in [0.1, 0.15) is 11.3 Å². The van der Waals surface area contributed by atoms with Gasteiger partial charge in [0.05, 0.1) is 11.8 Å². The van der Waals surface area contributed by atoms with E-state index >= 15 is 0 Å². The second-order valence-electron chi connectivity index (χ2n) is 6.67. The third-order valence-corrected chi connectivity index (χ3v) is 5.22. The molecule has 0 spiro atoms. The summed E-state index contributed by atoms with van der Waals surface area (Å²) in [4.78, 5) is 33.4. The lowest BCUT2D eigenvalue weighted by molar-refractivity contribution is -0.140. The molecule has 1 amide bonds. The molecule has 3 aromatic heterocycles. The molecule has 1 aromatic carbocycles. The van der Waals surface area contributed by atoms with Gasteiger partial charge in [0, 0.05) is 34.5 Å². The van der Waals surface area contributed by atoms with Crippen LogP contribution in [0.2, 0.25) is 0 Å². The number of pyridine rings is 1. The molecule has 0 fully saturated rings. The summed E-state index contributed by atoms with van der Waals surface area (Å²) >= 11 is 1.31. The van der Waals surface area contributed by atoms with Crippen molar-refractivity contribution in [2.45, 2.75) is 19.5 Å². The molecule has 1 N–H and O–H groups in total. The number of rotatable bonds is 4. The quantitative estimate of drug-likeness (QED) is 0.487. The maximum absolute atomic E-state index is 13.4. The standard InChI is InChI=1S/C21H14F3N3O3S/c1-11-10-26-20(31-11)27-17(29)8-12-4-2-5-13-15(28)9-16(30-18(12)13)14-6-3-7-25-19(14)21(22,23)24/h2-7,9-10H,8H2,1H3,(H,26,27,29). The largest absolute Gasteiger partial charge is 0.455 e. The van der Waals surface area contributed by atoms with Crippen molar-refractivity contribution in [2.75, 3.05) is 5.32 Å². The van der Waals surface area contributed by atoms with Crippen LogP contribution in [0.1, 0.15) is 16.1 Å². The highest BCUT2D eigenvalue weighted by Gasteiger charge is 2.36. The Balaban J connectivity index is 1.77. The third kappa shape index (κ3) is 4.33. The first-order valence-corrected chi connectivity index (χ1v) is 9.84. The molecule has 4 aromatic rings. The molecule has 4 rings (SSSR count). The van der Waals surface area contributed by atoms with E-state index < -0.39 is 23.2 Å². The smallest absolute Gasteiger partial charge is 0.434 e. The van der Waals surface area contributed by atoms with E-state index in [0.717, 1.165) is 17.1 Å². The van der Waals surface area contributed by atoms with E-state index in [1.807, 2.05) is 6.92 Å². The minimum absolute atomic E-state index is 0.0486. The van der Waals surface area contributed by atoms with Crippen LogP contribution in [-0.4, -0.2) is 15.9 Å². The summed E-state index contributed by atoms with van der Waals surface area (Å²) in [6.45, 7) is 1.85. The number of amides is 1. The Morgan fingerprint density at radius 3 is 2.71 bits per heavy atom. The van der Waals surface area contributed by atoms with Crippen LogP contribution in [-0.2, 0) is 17.4 Å². The van der Waals surface area contributed by atoms with E-state index in [2.05, 4.69) is 15.3 Å². The van der Waals surface area contributed by atoms with Gasteiger partial charge in [-0.05, 0) is 25.1 Å². The number of hydrogen-bond acceptors (Lipinski definition) is 6. The Morgan fingerprint density at radius 2 is 2.00 bits per heavy atom. The van der Waals surface area contributed by atoms with Crippen LogP contribution in [0.15, 0.2) is 58.0 Å². The Morgan fingerprint density at radius 1 is 1.19 bits per heavy atom. The number of carbonyl (C=O) groups is 1. The molecule has 31 heavy (non-hydrogen) atoms. The van der Waals surface area contributed by atoms with Crippen molar-refractivity contribution < 1.29 is 22.4 Å². The highest BCUT2D eigenvalue weighted by molar-refractivity contribution is 7.15. The number of aromatic nitrogens is 2. The van der Waals surface area contributed by atoms with Gasteiger partial charge in [-0.25, -0.2) is 4.98 Å². The topological polar surface area (TPSA) is 85.1 Å². The first-order valence-electron chi connectivity index (χ1n) is 9.03. The number of aryl methyl sites for hydroxylation is 1. The van der Waals surface area contributed by atoms with Gasteiger partial charge in [-0.15, -0.1) is 11.3 Å². The summed E-state index contributed by atoms with van der Waals surface area (Å²) < 4.78 is 45.8. The Labute approximate surface area is 177 Å². The zero-order valence-electron chi connectivity index (χ0n) is 16.0. The second-order valence-corrected chi connectivity index (χ2v) is 7.90. The predicted octanol–water partition coefficient (Wildman–Crippen LogP) is 4.82. The van der Waals surface area contributed by atoms with E-state index in [-0.39, 0.29) is 28.7 Å². The predicted molar refractivity (Wildman–Crippen MR) is 110 cm³/mol. The monoisotopic (exact) mass is 445 g/mol. The SMILES string of the molecule is Cc1cnc(NC(=O)Cc2cccc3c(=O)cc(-c4cccnc4C(F)(F)F)oc23)s1. The van der Waals surface area contributed by atoms with Crippen molar-refractivity contribution in [1.82, 2.24) is 9.97 Å². The van der Waals surface area contributed by atoms with Crippen LogP contribution in [0.25, 0.3) is 22.3 Å². The summed E-state index contributed by atoms with van der Waals surface area (Å²) in [5.74, 6) is -0.673. The summed E-state index contributed by atoms with van der Waals surface area (Å²) in [5.41, 5.74) is -1.63. The molecular weight excluding hydrogens is 431 g/mol. The molecule has 0 aliphatic carbocycles. The fourth-order valence-corrected chi connectivity index (χ4v) is 3.77. The summed E-state index contributed by atoms with van der Waals surface area (Å²) in [6.07, 6.45) is -2.24. The van der Waals surface area contributed by atoms with Crippen molar-refractivity contribution >= 4 is 33.3 Å². The molecule has 158 valence electrons. The number of alkyl halides is 3. The third-order valence-electron chi connectivity index (χ3n) is 4.40. The van der Waals surface area contributed by atoms with Gasteiger partial charge in [0.15, 0.2) is 16.3 Å².